The van der Waals surface area contributed by atoms with E-state index < -0.39 is 0 Å². The van der Waals surface area contributed by atoms with Crippen LogP contribution in [0.3, 0.4) is 0 Å². The number of nitrogens with one attached hydrogen (secondary N) is 1. The van der Waals surface area contributed by atoms with E-state index in [0.717, 1.165) is 22.3 Å². The first-order chi connectivity index (χ1) is 9.34. The van der Waals surface area contributed by atoms with Crippen molar-refractivity contribution in [2.24, 2.45) is 0 Å². The van der Waals surface area contributed by atoms with Gasteiger partial charge in [-0.2, -0.15) is 0 Å². The quantitative estimate of drug-likeness (QED) is 0.631. The van der Waals surface area contributed by atoms with E-state index in [-0.39, 0.29) is 0 Å². The van der Waals surface area contributed by atoms with Crippen molar-refractivity contribution in [1.82, 2.24) is 4.98 Å². The highest BCUT2D eigenvalue weighted by molar-refractivity contribution is 5.98. The van der Waals surface area contributed by atoms with Crippen LogP contribution in [0.15, 0.2) is 30.5 Å². The summed E-state index contributed by atoms with van der Waals surface area (Å²) in [7, 11) is 0. The summed E-state index contributed by atoms with van der Waals surface area (Å²) in [5.74, 6) is 0. The summed E-state index contributed by atoms with van der Waals surface area (Å²) in [5, 5.41) is 4.72. The van der Waals surface area contributed by atoms with Crippen molar-refractivity contribution >= 4 is 22.3 Å². The number of fused-ring (bicyclic) bond motifs is 1. The van der Waals surface area contributed by atoms with Gasteiger partial charge in [0.15, 0.2) is 0 Å². The predicted molar refractivity (Wildman–Crippen MR) is 81.3 cm³/mol. The van der Waals surface area contributed by atoms with E-state index in [2.05, 4.69) is 16.4 Å². The number of hydrogen-bond donors (Lipinski definition) is 2. The molecular formula is C16H21N3. The number of nitrogens with two attached hydrogens (primary N) is 1. The number of aromatic nitrogens is 1. The molecule has 0 aliphatic heterocycles. The second-order valence-electron chi connectivity index (χ2n) is 5.43. The number of benzene rings is 1. The fourth-order valence-corrected chi connectivity index (χ4v) is 2.95. The Morgan fingerprint density at radius 2 is 1.84 bits per heavy atom. The highest BCUT2D eigenvalue weighted by Gasteiger charge is 2.13. The molecule has 0 amide bonds. The maximum atomic E-state index is 6.02. The molecule has 1 fully saturated rings. The van der Waals surface area contributed by atoms with Crippen LogP contribution in [-0.2, 0) is 0 Å². The minimum absolute atomic E-state index is 0.580. The van der Waals surface area contributed by atoms with Crippen LogP contribution in [-0.4, -0.2) is 11.0 Å². The molecule has 1 aromatic heterocycles. The Morgan fingerprint density at radius 1 is 1.05 bits per heavy atom. The standard InChI is InChI=1S/C16H21N3/c17-14-9-10-15(16-13(14)8-5-11-18-16)19-12-6-3-1-2-4-7-12/h5,8-12,19H,1-4,6-7,17H2. The van der Waals surface area contributed by atoms with E-state index in [1.165, 1.54) is 38.5 Å². The average Bonchev–Trinajstić information content (AvgIpc) is 2.71. The third kappa shape index (κ3) is 2.65. The molecule has 0 radical (unpaired) electrons. The lowest BCUT2D eigenvalue weighted by Crippen LogP contribution is -2.18. The lowest BCUT2D eigenvalue weighted by atomic mass is 10.1. The summed E-state index contributed by atoms with van der Waals surface area (Å²) >= 11 is 0. The number of nitrogen functional groups attached to an aromatic ring is 1. The Bertz CT molecular complexity index is 557. The van der Waals surface area contributed by atoms with Gasteiger partial charge in [-0.25, -0.2) is 0 Å². The summed E-state index contributed by atoms with van der Waals surface area (Å²) in [4.78, 5) is 4.49. The largest absolute Gasteiger partial charge is 0.398 e. The van der Waals surface area contributed by atoms with Crippen molar-refractivity contribution in [2.45, 2.75) is 44.6 Å². The normalized spacial score (nSPS) is 17.3. The van der Waals surface area contributed by atoms with Crippen LogP contribution in [0.1, 0.15) is 38.5 Å². The fourth-order valence-electron chi connectivity index (χ4n) is 2.95. The maximum Gasteiger partial charge on any atom is 0.0953 e. The molecule has 1 heterocycles. The van der Waals surface area contributed by atoms with Gasteiger partial charge in [-0.3, -0.25) is 4.98 Å². The van der Waals surface area contributed by atoms with Crippen LogP contribution in [0.25, 0.3) is 10.9 Å². The van der Waals surface area contributed by atoms with Gasteiger partial charge in [0.05, 0.1) is 11.2 Å². The van der Waals surface area contributed by atoms with Crippen molar-refractivity contribution < 1.29 is 0 Å². The highest BCUT2D eigenvalue weighted by Crippen LogP contribution is 2.28. The van der Waals surface area contributed by atoms with E-state index in [9.17, 15) is 0 Å². The second-order valence-corrected chi connectivity index (χ2v) is 5.43. The molecule has 3 heteroatoms. The number of nitrogens with zero attached hydrogens (tertiary/aromatic N) is 1. The van der Waals surface area contributed by atoms with Crippen LogP contribution in [0, 0.1) is 0 Å². The number of rotatable bonds is 2. The molecule has 1 saturated carbocycles. The van der Waals surface area contributed by atoms with Gasteiger partial charge in [0, 0.05) is 23.3 Å². The van der Waals surface area contributed by atoms with Crippen LogP contribution in [0.4, 0.5) is 11.4 Å². The fraction of sp³-hybridized carbons (Fsp3) is 0.438. The molecular weight excluding hydrogens is 234 g/mol. The Kier molecular flexibility index (Phi) is 3.53. The molecule has 1 aliphatic carbocycles. The Hall–Kier alpha value is -1.77. The molecule has 3 nitrogen and oxygen atoms in total. The highest BCUT2D eigenvalue weighted by atomic mass is 14.9. The summed E-state index contributed by atoms with van der Waals surface area (Å²) in [5.41, 5.74) is 8.93. The first-order valence-electron chi connectivity index (χ1n) is 7.24. The molecule has 0 unspecified atom stereocenters. The minimum atomic E-state index is 0.580. The molecule has 3 N–H and O–H groups in total. The topological polar surface area (TPSA) is 50.9 Å². The molecule has 100 valence electrons. The molecule has 1 aromatic carbocycles. The molecule has 19 heavy (non-hydrogen) atoms. The third-order valence-corrected chi connectivity index (χ3v) is 4.02. The molecule has 0 bridgehead atoms. The predicted octanol–water partition coefficient (Wildman–Crippen LogP) is 3.95. The molecule has 0 saturated heterocycles. The average molecular weight is 255 g/mol. The van der Waals surface area contributed by atoms with Gasteiger partial charge in [-0.1, -0.05) is 25.7 Å². The van der Waals surface area contributed by atoms with Crippen molar-refractivity contribution in [2.75, 3.05) is 11.1 Å². The summed E-state index contributed by atoms with van der Waals surface area (Å²) in [6, 6.07) is 8.60. The zero-order valence-corrected chi connectivity index (χ0v) is 11.2. The lowest BCUT2D eigenvalue weighted by Gasteiger charge is -2.19. The second kappa shape index (κ2) is 5.47. The van der Waals surface area contributed by atoms with Gasteiger partial charge in [0.1, 0.15) is 0 Å². The lowest BCUT2D eigenvalue weighted by molar-refractivity contribution is 0.620. The first-order valence-corrected chi connectivity index (χ1v) is 7.24. The van der Waals surface area contributed by atoms with Crippen molar-refractivity contribution in [3.8, 4) is 0 Å². The molecule has 1 aliphatic rings. The Labute approximate surface area is 114 Å². The minimum Gasteiger partial charge on any atom is -0.398 e. The monoisotopic (exact) mass is 255 g/mol. The SMILES string of the molecule is Nc1ccc(NC2CCCCCC2)c2ncccc12. The van der Waals surface area contributed by atoms with Crippen LogP contribution in [0.5, 0.6) is 0 Å². The molecule has 2 aromatic rings. The Balaban J connectivity index is 1.90. The zero-order valence-electron chi connectivity index (χ0n) is 11.2. The summed E-state index contributed by atoms with van der Waals surface area (Å²) in [6.45, 7) is 0. The molecule has 0 atom stereocenters. The van der Waals surface area contributed by atoms with Crippen LogP contribution in [0.2, 0.25) is 0 Å². The zero-order chi connectivity index (χ0) is 13.1. The summed E-state index contributed by atoms with van der Waals surface area (Å²) in [6.07, 6.45) is 9.77. The van der Waals surface area contributed by atoms with Crippen LogP contribution >= 0.6 is 0 Å². The van der Waals surface area contributed by atoms with E-state index in [1.807, 2.05) is 24.4 Å². The number of hydrogen-bond acceptors (Lipinski definition) is 3. The van der Waals surface area contributed by atoms with Gasteiger partial charge in [0.2, 0.25) is 0 Å². The molecule has 0 spiro atoms. The van der Waals surface area contributed by atoms with E-state index in [1.54, 1.807) is 0 Å². The third-order valence-electron chi connectivity index (χ3n) is 4.02. The maximum absolute atomic E-state index is 6.02. The van der Waals surface area contributed by atoms with Gasteiger partial charge in [-0.05, 0) is 37.1 Å². The van der Waals surface area contributed by atoms with E-state index in [4.69, 9.17) is 5.73 Å². The van der Waals surface area contributed by atoms with Gasteiger partial charge in [0.25, 0.3) is 0 Å². The van der Waals surface area contributed by atoms with E-state index in [0.29, 0.717) is 6.04 Å². The summed E-state index contributed by atoms with van der Waals surface area (Å²) < 4.78 is 0. The smallest absolute Gasteiger partial charge is 0.0953 e. The van der Waals surface area contributed by atoms with Gasteiger partial charge < -0.3 is 11.1 Å². The van der Waals surface area contributed by atoms with Crippen LogP contribution < -0.4 is 11.1 Å². The van der Waals surface area contributed by atoms with Crippen molar-refractivity contribution in [1.29, 1.82) is 0 Å². The number of pyridine rings is 1. The van der Waals surface area contributed by atoms with E-state index >= 15 is 0 Å². The van der Waals surface area contributed by atoms with Crippen molar-refractivity contribution in [3.63, 3.8) is 0 Å². The first kappa shape index (κ1) is 12.3. The van der Waals surface area contributed by atoms with Gasteiger partial charge in [-0.15, -0.1) is 0 Å². The van der Waals surface area contributed by atoms with Crippen molar-refractivity contribution in [3.05, 3.63) is 30.5 Å². The molecule has 3 rings (SSSR count). The Morgan fingerprint density at radius 3 is 2.63 bits per heavy atom. The number of anilines is 2. The van der Waals surface area contributed by atoms with Gasteiger partial charge >= 0.3 is 0 Å².